The van der Waals surface area contributed by atoms with Gasteiger partial charge in [-0.05, 0) is 42.7 Å². The number of carbonyl (C=O) groups excluding carboxylic acids is 2. The molecule has 0 heterocycles. The van der Waals surface area contributed by atoms with Crippen molar-refractivity contribution in [2.75, 3.05) is 18.5 Å². The molecule has 0 spiro atoms. The van der Waals surface area contributed by atoms with Gasteiger partial charge < -0.3 is 9.80 Å². The zero-order valence-electron chi connectivity index (χ0n) is 14.7. The predicted molar refractivity (Wildman–Crippen MR) is 96.9 cm³/mol. The van der Waals surface area contributed by atoms with Crippen LogP contribution in [0.5, 0.6) is 0 Å². The van der Waals surface area contributed by atoms with Gasteiger partial charge in [0.1, 0.15) is 6.54 Å². The number of benzene rings is 2. The van der Waals surface area contributed by atoms with E-state index in [0.29, 0.717) is 6.54 Å². The van der Waals surface area contributed by atoms with Gasteiger partial charge in [-0.15, -0.1) is 0 Å². The van der Waals surface area contributed by atoms with E-state index in [1.165, 1.54) is 11.8 Å². The van der Waals surface area contributed by atoms with Gasteiger partial charge in [0.2, 0.25) is 11.8 Å². The summed E-state index contributed by atoms with van der Waals surface area (Å²) in [5, 5.41) is 0. The van der Waals surface area contributed by atoms with Gasteiger partial charge in [-0.25, -0.2) is 0 Å². The van der Waals surface area contributed by atoms with Crippen molar-refractivity contribution in [3.8, 4) is 0 Å². The maximum atomic E-state index is 12.5. The van der Waals surface area contributed by atoms with Crippen LogP contribution in [0.4, 0.5) is 5.69 Å². The number of aryl methyl sites for hydroxylation is 2. The van der Waals surface area contributed by atoms with Crippen molar-refractivity contribution in [1.29, 1.82) is 0 Å². The molecule has 2 amide bonds. The Hall–Kier alpha value is -2.62. The van der Waals surface area contributed by atoms with Crippen molar-refractivity contribution in [2.45, 2.75) is 27.3 Å². The van der Waals surface area contributed by atoms with E-state index in [1.807, 2.05) is 62.4 Å². The molecule has 0 N–H and O–H groups in total. The Morgan fingerprint density at radius 3 is 2.21 bits per heavy atom. The molecule has 2 aromatic rings. The van der Waals surface area contributed by atoms with Crippen molar-refractivity contribution in [2.24, 2.45) is 0 Å². The molecule has 0 aliphatic carbocycles. The van der Waals surface area contributed by atoms with Crippen molar-refractivity contribution in [3.05, 3.63) is 65.2 Å². The average Bonchev–Trinajstić information content (AvgIpc) is 2.55. The smallest absolute Gasteiger partial charge is 0.242 e. The van der Waals surface area contributed by atoms with E-state index < -0.39 is 0 Å². The third-order valence-corrected chi connectivity index (χ3v) is 4.16. The summed E-state index contributed by atoms with van der Waals surface area (Å²) in [6, 6.07) is 15.6. The van der Waals surface area contributed by atoms with Crippen LogP contribution < -0.4 is 4.90 Å². The highest BCUT2D eigenvalue weighted by atomic mass is 16.2. The Morgan fingerprint density at radius 2 is 1.62 bits per heavy atom. The first-order valence-electron chi connectivity index (χ1n) is 8.01. The number of nitrogens with zero attached hydrogens (tertiary/aromatic N) is 2. The summed E-state index contributed by atoms with van der Waals surface area (Å²) in [7, 11) is 1.76. The zero-order valence-corrected chi connectivity index (χ0v) is 14.7. The van der Waals surface area contributed by atoms with E-state index in [-0.39, 0.29) is 18.4 Å². The van der Waals surface area contributed by atoms with Crippen LogP contribution in [-0.4, -0.2) is 30.3 Å². The van der Waals surface area contributed by atoms with Crippen LogP contribution in [0.3, 0.4) is 0 Å². The van der Waals surface area contributed by atoms with Crippen LogP contribution in [0.25, 0.3) is 0 Å². The molecular weight excluding hydrogens is 300 g/mol. The molecule has 0 saturated carbocycles. The lowest BCUT2D eigenvalue weighted by Gasteiger charge is -2.25. The number of likely N-dealkylation sites (N-methyl/N-ethyl adjacent to an activating group) is 1. The second-order valence-electron chi connectivity index (χ2n) is 6.11. The predicted octanol–water partition coefficient (Wildman–Crippen LogP) is 3.31. The fourth-order valence-electron chi connectivity index (χ4n) is 2.48. The van der Waals surface area contributed by atoms with Crippen LogP contribution >= 0.6 is 0 Å². The molecular formula is C20H24N2O2. The van der Waals surface area contributed by atoms with E-state index in [0.717, 1.165) is 22.4 Å². The maximum absolute atomic E-state index is 12.5. The maximum Gasteiger partial charge on any atom is 0.242 e. The van der Waals surface area contributed by atoms with Crippen LogP contribution in [0.2, 0.25) is 0 Å². The molecule has 0 unspecified atom stereocenters. The number of anilines is 1. The lowest BCUT2D eigenvalue weighted by molar-refractivity contribution is -0.130. The average molecular weight is 324 g/mol. The number of carbonyl (C=O) groups is 2. The number of amides is 2. The molecule has 4 heteroatoms. The normalized spacial score (nSPS) is 10.3. The Morgan fingerprint density at radius 1 is 0.958 bits per heavy atom. The summed E-state index contributed by atoms with van der Waals surface area (Å²) in [6.07, 6.45) is 0. The van der Waals surface area contributed by atoms with Gasteiger partial charge in [0, 0.05) is 26.2 Å². The van der Waals surface area contributed by atoms with Gasteiger partial charge >= 0.3 is 0 Å². The highest BCUT2D eigenvalue weighted by molar-refractivity contribution is 5.97. The molecule has 0 fully saturated rings. The Kier molecular flexibility index (Phi) is 5.74. The summed E-state index contributed by atoms with van der Waals surface area (Å²) in [5.41, 5.74) is 4.08. The first-order chi connectivity index (χ1) is 11.4. The molecule has 2 aromatic carbocycles. The largest absolute Gasteiger partial charge is 0.340 e. The van der Waals surface area contributed by atoms with Crippen molar-refractivity contribution in [3.63, 3.8) is 0 Å². The van der Waals surface area contributed by atoms with E-state index in [2.05, 4.69) is 0 Å². The van der Waals surface area contributed by atoms with Gasteiger partial charge in [0.15, 0.2) is 0 Å². The quantitative estimate of drug-likeness (QED) is 0.846. The standard InChI is InChI=1S/C20H24N2O2/c1-15-10-11-19(12-16(15)2)22(17(3)23)14-20(24)21(4)13-18-8-6-5-7-9-18/h5-12H,13-14H2,1-4H3. The minimum Gasteiger partial charge on any atom is -0.340 e. The molecule has 0 bridgehead atoms. The summed E-state index contributed by atoms with van der Waals surface area (Å²) < 4.78 is 0. The van der Waals surface area contributed by atoms with Crippen LogP contribution in [0, 0.1) is 13.8 Å². The lowest BCUT2D eigenvalue weighted by atomic mass is 10.1. The van der Waals surface area contributed by atoms with Crippen LogP contribution in [0.1, 0.15) is 23.6 Å². The van der Waals surface area contributed by atoms with Crippen LogP contribution in [-0.2, 0) is 16.1 Å². The molecule has 0 saturated heterocycles. The molecule has 126 valence electrons. The summed E-state index contributed by atoms with van der Waals surface area (Å²) in [6.45, 7) is 6.08. The van der Waals surface area contributed by atoms with Gasteiger partial charge in [-0.3, -0.25) is 9.59 Å². The van der Waals surface area contributed by atoms with Crippen molar-refractivity contribution >= 4 is 17.5 Å². The third-order valence-electron chi connectivity index (χ3n) is 4.16. The number of hydrogen-bond acceptors (Lipinski definition) is 2. The highest BCUT2D eigenvalue weighted by Crippen LogP contribution is 2.19. The highest BCUT2D eigenvalue weighted by Gasteiger charge is 2.19. The zero-order chi connectivity index (χ0) is 17.7. The molecule has 0 radical (unpaired) electrons. The summed E-state index contributed by atoms with van der Waals surface area (Å²) in [4.78, 5) is 27.7. The third kappa shape index (κ3) is 4.44. The van der Waals surface area contributed by atoms with Gasteiger partial charge in [-0.1, -0.05) is 36.4 Å². The van der Waals surface area contributed by atoms with Crippen molar-refractivity contribution in [1.82, 2.24) is 4.90 Å². The number of hydrogen-bond donors (Lipinski definition) is 0. The summed E-state index contributed by atoms with van der Waals surface area (Å²) >= 11 is 0. The molecule has 4 nitrogen and oxygen atoms in total. The van der Waals surface area contributed by atoms with E-state index in [4.69, 9.17) is 0 Å². The monoisotopic (exact) mass is 324 g/mol. The Bertz CT molecular complexity index is 726. The molecule has 0 aliphatic heterocycles. The first-order valence-corrected chi connectivity index (χ1v) is 8.01. The topological polar surface area (TPSA) is 40.6 Å². The molecule has 24 heavy (non-hydrogen) atoms. The second-order valence-corrected chi connectivity index (χ2v) is 6.11. The summed E-state index contributed by atoms with van der Waals surface area (Å²) in [5.74, 6) is -0.230. The van der Waals surface area contributed by atoms with Gasteiger partial charge in [0.05, 0.1) is 0 Å². The lowest BCUT2D eigenvalue weighted by Crippen LogP contribution is -2.40. The van der Waals surface area contributed by atoms with Gasteiger partial charge in [0.25, 0.3) is 0 Å². The number of rotatable bonds is 5. The Labute approximate surface area is 143 Å². The Balaban J connectivity index is 2.10. The molecule has 0 aliphatic rings. The minimum absolute atomic E-state index is 0.0428. The fraction of sp³-hybridized carbons (Fsp3) is 0.300. The van der Waals surface area contributed by atoms with Gasteiger partial charge in [-0.2, -0.15) is 0 Å². The SMILES string of the molecule is CC(=O)N(CC(=O)N(C)Cc1ccccc1)c1ccc(C)c(C)c1. The van der Waals surface area contributed by atoms with Crippen molar-refractivity contribution < 1.29 is 9.59 Å². The second kappa shape index (κ2) is 7.77. The molecule has 2 rings (SSSR count). The first kappa shape index (κ1) is 17.7. The fourth-order valence-corrected chi connectivity index (χ4v) is 2.48. The van der Waals surface area contributed by atoms with E-state index in [9.17, 15) is 9.59 Å². The van der Waals surface area contributed by atoms with E-state index >= 15 is 0 Å². The molecule has 0 atom stereocenters. The molecule has 0 aromatic heterocycles. The van der Waals surface area contributed by atoms with E-state index in [1.54, 1.807) is 11.9 Å². The minimum atomic E-state index is -0.139. The van der Waals surface area contributed by atoms with Crippen LogP contribution in [0.15, 0.2) is 48.5 Å².